The molecule has 3 aromatic heterocycles. The van der Waals surface area contributed by atoms with E-state index in [9.17, 15) is 19.2 Å². The Morgan fingerprint density at radius 1 is 0.837 bits per heavy atom. The van der Waals surface area contributed by atoms with E-state index in [1.165, 1.54) is 32.3 Å². The Hall–Kier alpha value is -5.41. The van der Waals surface area contributed by atoms with E-state index in [-0.39, 0.29) is 22.8 Å². The second-order valence-electron chi connectivity index (χ2n) is 11.0. The molecule has 0 bridgehead atoms. The number of hydrogen-bond acceptors (Lipinski definition) is 7. The van der Waals surface area contributed by atoms with Crippen LogP contribution in [0.3, 0.4) is 0 Å². The van der Waals surface area contributed by atoms with E-state index >= 15 is 0 Å². The lowest BCUT2D eigenvalue weighted by Crippen LogP contribution is -2.38. The molecule has 0 atom stereocenters. The van der Waals surface area contributed by atoms with Crippen LogP contribution >= 0.6 is 0 Å². The first kappa shape index (κ1) is 29.1. The maximum atomic E-state index is 13.0. The molecular weight excluding hydrogens is 556 g/mol. The predicted octanol–water partition coefficient (Wildman–Crippen LogP) is 1.27. The fourth-order valence-corrected chi connectivity index (χ4v) is 4.49. The molecule has 43 heavy (non-hydrogen) atoms. The summed E-state index contributed by atoms with van der Waals surface area (Å²) in [5.41, 5.74) is 12.2. The van der Waals surface area contributed by atoms with Crippen LogP contribution in [0.4, 0.5) is 11.4 Å². The van der Waals surface area contributed by atoms with Crippen LogP contribution in [-0.4, -0.2) is 78.8 Å². The van der Waals surface area contributed by atoms with Crippen molar-refractivity contribution in [2.24, 2.45) is 23.3 Å². The van der Waals surface area contributed by atoms with Crippen LogP contribution in [0.25, 0.3) is 0 Å². The molecule has 0 spiro atoms. The monoisotopic (exact) mass is 590 g/mol. The Balaban J connectivity index is 1.28. The van der Waals surface area contributed by atoms with Crippen molar-refractivity contribution >= 4 is 46.9 Å². The molecule has 0 saturated heterocycles. The quantitative estimate of drug-likeness (QED) is 0.135. The summed E-state index contributed by atoms with van der Waals surface area (Å²) in [6.45, 7) is 1.19. The number of anilines is 2. The molecule has 4 amide bonds. The third-order valence-electron chi connectivity index (χ3n) is 7.44. The van der Waals surface area contributed by atoms with Crippen molar-refractivity contribution in [1.29, 1.82) is 10.8 Å². The van der Waals surface area contributed by atoms with Crippen molar-refractivity contribution in [1.82, 2.24) is 29.1 Å². The Bertz CT molecular complexity index is 1510. The zero-order chi connectivity index (χ0) is 31.0. The predicted molar refractivity (Wildman–Crippen MR) is 157 cm³/mol. The number of H-pyrrole nitrogens is 1. The molecule has 0 aliphatic heterocycles. The summed E-state index contributed by atoms with van der Waals surface area (Å²) in [5.74, 6) is -2.06. The van der Waals surface area contributed by atoms with Crippen LogP contribution in [-0.2, 0) is 13.1 Å². The van der Waals surface area contributed by atoms with Gasteiger partial charge in [0.2, 0.25) is 0 Å². The average Bonchev–Trinajstić information content (AvgIpc) is 3.82. The average molecular weight is 591 g/mol. The lowest BCUT2D eigenvalue weighted by atomic mass is 10.3. The van der Waals surface area contributed by atoms with Gasteiger partial charge in [0.1, 0.15) is 17.1 Å². The first-order valence-electron chi connectivity index (χ1n) is 13.7. The van der Waals surface area contributed by atoms with Gasteiger partial charge in [-0.25, -0.2) is 0 Å². The fraction of sp³-hybridized carbons (Fsp3) is 0.370. The highest BCUT2D eigenvalue weighted by atomic mass is 16.2. The molecule has 3 aromatic rings. The van der Waals surface area contributed by atoms with Gasteiger partial charge in [-0.05, 0) is 49.7 Å². The van der Waals surface area contributed by atoms with Gasteiger partial charge in [0.25, 0.3) is 23.6 Å². The van der Waals surface area contributed by atoms with Crippen LogP contribution in [0.1, 0.15) is 67.6 Å². The number of carbonyl (C=O) groups excluding carboxylic acids is 4. The topological polar surface area (TPSA) is 237 Å². The zero-order valence-electron chi connectivity index (χ0n) is 23.8. The van der Waals surface area contributed by atoms with E-state index in [0.29, 0.717) is 36.3 Å². The smallest absolute Gasteiger partial charge is 0.276 e. The van der Waals surface area contributed by atoms with E-state index in [4.69, 9.17) is 22.3 Å². The molecule has 0 aromatic carbocycles. The summed E-state index contributed by atoms with van der Waals surface area (Å²) < 4.78 is 3.48. The van der Waals surface area contributed by atoms with Gasteiger partial charge in [-0.1, -0.05) is 0 Å². The maximum Gasteiger partial charge on any atom is 0.276 e. The van der Waals surface area contributed by atoms with Crippen LogP contribution in [0, 0.1) is 22.7 Å². The number of nitrogens with two attached hydrogens (primary N) is 2. The van der Waals surface area contributed by atoms with Crippen molar-refractivity contribution in [2.45, 2.75) is 38.8 Å². The largest absolute Gasteiger partial charge is 0.370 e. The lowest BCUT2D eigenvalue weighted by molar-refractivity contribution is 0.0850. The number of rotatable bonds is 10. The minimum atomic E-state index is -0.603. The maximum absolute atomic E-state index is 13.0. The third kappa shape index (κ3) is 6.58. The van der Waals surface area contributed by atoms with Gasteiger partial charge in [-0.2, -0.15) is 5.10 Å². The summed E-state index contributed by atoms with van der Waals surface area (Å²) >= 11 is 0. The minimum absolute atomic E-state index is 0.0130. The van der Waals surface area contributed by atoms with Crippen molar-refractivity contribution in [3.8, 4) is 0 Å². The van der Waals surface area contributed by atoms with Gasteiger partial charge < -0.3 is 31.2 Å². The number of nitrogens with one attached hydrogen (secondary N) is 5. The first-order valence-corrected chi connectivity index (χ1v) is 13.7. The van der Waals surface area contributed by atoms with Gasteiger partial charge in [0.05, 0.1) is 11.4 Å². The Labute approximate surface area is 246 Å². The fourth-order valence-electron chi connectivity index (χ4n) is 4.49. The van der Waals surface area contributed by atoms with Gasteiger partial charge in [0, 0.05) is 45.6 Å². The van der Waals surface area contributed by atoms with Gasteiger partial charge in [-0.3, -0.25) is 44.9 Å². The van der Waals surface area contributed by atoms with E-state index in [1.54, 1.807) is 21.5 Å². The van der Waals surface area contributed by atoms with E-state index in [1.807, 2.05) is 0 Å². The van der Waals surface area contributed by atoms with Gasteiger partial charge in [-0.15, -0.1) is 0 Å². The second-order valence-corrected chi connectivity index (χ2v) is 11.0. The minimum Gasteiger partial charge on any atom is -0.370 e. The summed E-state index contributed by atoms with van der Waals surface area (Å²) in [6.07, 6.45) is 7.49. The van der Waals surface area contributed by atoms with Crippen LogP contribution in [0.15, 0.2) is 30.6 Å². The number of amides is 4. The molecule has 9 N–H and O–H groups in total. The highest BCUT2D eigenvalue weighted by Crippen LogP contribution is 2.33. The van der Waals surface area contributed by atoms with Gasteiger partial charge in [0.15, 0.2) is 17.6 Å². The third-order valence-corrected chi connectivity index (χ3v) is 7.44. The summed E-state index contributed by atoms with van der Waals surface area (Å²) in [5, 5.41) is 27.1. The number of carbonyl (C=O) groups is 4. The molecule has 5 rings (SSSR count). The zero-order valence-corrected chi connectivity index (χ0v) is 23.8. The van der Waals surface area contributed by atoms with Crippen LogP contribution in [0.2, 0.25) is 0 Å². The summed E-state index contributed by atoms with van der Waals surface area (Å²) in [7, 11) is 2.80. The molecule has 226 valence electrons. The molecule has 0 radical (unpaired) electrons. The van der Waals surface area contributed by atoms with Gasteiger partial charge >= 0.3 is 0 Å². The number of nitrogens with zero attached hydrogens (tertiary/aromatic N) is 5. The number of aromatic amines is 1. The molecule has 2 aliphatic rings. The lowest BCUT2D eigenvalue weighted by Gasteiger charge is -2.16. The van der Waals surface area contributed by atoms with Crippen molar-refractivity contribution < 1.29 is 19.2 Å². The molecule has 2 saturated carbocycles. The second kappa shape index (κ2) is 11.5. The van der Waals surface area contributed by atoms with E-state index in [0.717, 1.165) is 35.5 Å². The Morgan fingerprint density at radius 3 is 1.70 bits per heavy atom. The number of aromatic nitrogens is 4. The van der Waals surface area contributed by atoms with Crippen LogP contribution < -0.4 is 22.1 Å². The molecule has 3 heterocycles. The molecule has 0 unspecified atom stereocenters. The van der Waals surface area contributed by atoms with E-state index < -0.39 is 35.5 Å². The molecule has 2 aliphatic carbocycles. The van der Waals surface area contributed by atoms with Crippen molar-refractivity contribution in [3.63, 3.8) is 0 Å². The number of guanidine groups is 2. The highest BCUT2D eigenvalue weighted by Gasteiger charge is 2.28. The molecule has 2 fully saturated rings. The SMILES string of the molecule is CN(C(=N)N)C(=O)c1cc(NC(=O)c2cc(C(=O)Nc3cc(C(=O)N(C)C(=N)N)n(CC4CC4)c3)[nH]n2)cn1CC1CC1. The van der Waals surface area contributed by atoms with Crippen LogP contribution in [0.5, 0.6) is 0 Å². The van der Waals surface area contributed by atoms with Crippen molar-refractivity contribution in [2.75, 3.05) is 24.7 Å². The Morgan fingerprint density at radius 2 is 1.28 bits per heavy atom. The Kier molecular flexibility index (Phi) is 7.76. The standard InChI is InChI=1S/C27H34N12O4/c1-36(26(28)29)24(42)20-7-16(12-38(20)10-14-3-4-14)32-22(40)18-9-19(35-34-18)23(41)33-17-8-21(25(43)37(2)27(30)31)39(13-17)11-15-5-6-15/h7-9,12-15H,3-6,10-11H2,1-2H3,(H3,28,29)(H3,30,31)(H,32,40)(H,33,41)(H,34,35). The summed E-state index contributed by atoms with van der Waals surface area (Å²) in [6, 6.07) is 4.32. The van der Waals surface area contributed by atoms with E-state index in [2.05, 4.69) is 20.8 Å². The molecular formula is C27H34N12O4. The normalized spacial score (nSPS) is 14.2. The number of hydrogen-bond donors (Lipinski definition) is 7. The molecule has 16 nitrogen and oxygen atoms in total. The first-order chi connectivity index (χ1) is 20.4. The highest BCUT2D eigenvalue weighted by molar-refractivity contribution is 6.09. The van der Waals surface area contributed by atoms with Crippen molar-refractivity contribution in [3.05, 3.63) is 53.4 Å². The molecule has 16 heteroatoms. The summed E-state index contributed by atoms with van der Waals surface area (Å²) in [4.78, 5) is 53.7.